The first kappa shape index (κ1) is 83.5. The Hall–Kier alpha value is -5.24. The summed E-state index contributed by atoms with van der Waals surface area (Å²) in [5.41, 5.74) is 2.60. The largest absolute Gasteiger partial charge is 0.497 e. The van der Waals surface area contributed by atoms with Crippen molar-refractivity contribution in [3.05, 3.63) is 119 Å². The quantitative estimate of drug-likeness (QED) is 0.161. The first-order valence-corrected chi connectivity index (χ1v) is 17.8. The highest BCUT2D eigenvalue weighted by Gasteiger charge is 2.03. The van der Waals surface area contributed by atoms with Crippen molar-refractivity contribution in [2.24, 2.45) is 0 Å². The first-order chi connectivity index (χ1) is 25.2. The second-order valence-corrected chi connectivity index (χ2v) is 11.3. The number of benzene rings is 4. The lowest BCUT2D eigenvalue weighted by Crippen LogP contribution is -1.96. The molecule has 0 atom stereocenters. The van der Waals surface area contributed by atoms with E-state index < -0.39 is 0 Å². The van der Waals surface area contributed by atoms with Crippen molar-refractivity contribution < 1.29 is 38.1 Å². The van der Waals surface area contributed by atoms with E-state index in [1.165, 1.54) is 33.1 Å². The molecule has 356 valence electrons. The molecular formula is C53H96O8. The Morgan fingerprint density at radius 3 is 0.639 bits per heavy atom. The molecule has 0 saturated heterocycles. The Morgan fingerprint density at radius 1 is 0.328 bits per heavy atom. The molecule has 0 spiro atoms. The van der Waals surface area contributed by atoms with Crippen molar-refractivity contribution in [2.45, 2.75) is 148 Å². The summed E-state index contributed by atoms with van der Waals surface area (Å²) in [5.74, 6) is 3.36. The molecule has 4 aromatic rings. The minimum absolute atomic E-state index is 0. The van der Waals surface area contributed by atoms with Gasteiger partial charge in [-0.1, -0.05) is 138 Å². The van der Waals surface area contributed by atoms with Gasteiger partial charge < -0.3 is 18.9 Å². The summed E-state index contributed by atoms with van der Waals surface area (Å²) in [5, 5.41) is 0. The van der Waals surface area contributed by atoms with Crippen LogP contribution in [0, 0.1) is 0 Å². The van der Waals surface area contributed by atoms with Gasteiger partial charge in [-0.15, -0.1) is 0 Å². The third-order valence-electron chi connectivity index (χ3n) is 5.96. The number of hydrogen-bond acceptors (Lipinski definition) is 8. The molecule has 0 unspecified atom stereocenters. The van der Waals surface area contributed by atoms with Gasteiger partial charge in [-0.05, 0) is 107 Å². The van der Waals surface area contributed by atoms with E-state index in [4.69, 9.17) is 18.9 Å². The molecule has 0 amide bonds. The Bertz CT molecular complexity index is 1410. The molecule has 0 aliphatic rings. The minimum atomic E-state index is -0.0156. The molecule has 0 N–H and O–H groups in total. The van der Waals surface area contributed by atoms with Crippen molar-refractivity contribution >= 4 is 23.1 Å². The lowest BCUT2D eigenvalue weighted by molar-refractivity contribution is 0.100. The summed E-state index contributed by atoms with van der Waals surface area (Å²) in [6.07, 6.45) is 3.75. The highest BCUT2D eigenvalue weighted by molar-refractivity contribution is 5.99. The molecule has 0 aliphatic carbocycles. The van der Waals surface area contributed by atoms with E-state index >= 15 is 0 Å². The standard InChI is InChI=1S/C10H10O2.2C9H10O2.C8H10O2.3C3H8.8CH4/c1-7(11)9-4-3-5-10(6-9)8(2)12;2*1-7(10)8-3-5-9(11-2)6-4-8;1-9-7-3-5-8(10-2)6-4-7;3*1-3-2;;;;;;;;/h3-6H,1-2H3;2*3-6H,1-2H3;3-6H,1-2H3;3*3H2,1-2H3;8*1H4. The fraction of sp³-hybridized carbons (Fsp3) is 0.472. The maximum atomic E-state index is 10.9. The predicted molar refractivity (Wildman–Crippen MR) is 274 cm³/mol. The van der Waals surface area contributed by atoms with Crippen molar-refractivity contribution in [3.8, 4) is 23.0 Å². The number of carbonyl (C=O) groups is 4. The third kappa shape index (κ3) is 44.1. The number of rotatable bonds is 8. The van der Waals surface area contributed by atoms with E-state index in [0.29, 0.717) is 22.3 Å². The summed E-state index contributed by atoms with van der Waals surface area (Å²) >= 11 is 0. The van der Waals surface area contributed by atoms with E-state index in [9.17, 15) is 19.2 Å². The van der Waals surface area contributed by atoms with Gasteiger partial charge in [0, 0.05) is 22.3 Å². The van der Waals surface area contributed by atoms with E-state index in [-0.39, 0.29) is 82.5 Å². The Balaban J connectivity index is -0.0000000547. The SMILES string of the molecule is C.C.C.C.C.C.C.C.CC(=O)c1cccc(C(C)=O)c1.CCC.CCC.CCC.COc1ccc(C(C)=O)cc1.COc1ccc(C(C)=O)cc1.COc1ccc(OC)cc1. The zero-order valence-electron chi connectivity index (χ0n) is 34.6. The number of Topliss-reactive ketones (excluding diaryl/α,β-unsaturated/α-hetero) is 4. The Morgan fingerprint density at radius 2 is 0.492 bits per heavy atom. The molecule has 0 radical (unpaired) electrons. The van der Waals surface area contributed by atoms with E-state index in [1.807, 2.05) is 24.3 Å². The summed E-state index contributed by atoms with van der Waals surface area (Å²) in [7, 11) is 6.48. The normalized spacial score (nSPS) is 7.57. The van der Waals surface area contributed by atoms with Gasteiger partial charge >= 0.3 is 0 Å². The van der Waals surface area contributed by atoms with Crippen LogP contribution in [0.5, 0.6) is 23.0 Å². The van der Waals surface area contributed by atoms with E-state index in [0.717, 1.165) is 23.0 Å². The van der Waals surface area contributed by atoms with Crippen LogP contribution >= 0.6 is 0 Å². The average molecular weight is 861 g/mol. The van der Waals surface area contributed by atoms with Gasteiger partial charge in [-0.25, -0.2) is 0 Å². The molecule has 8 nitrogen and oxygen atoms in total. The topological polar surface area (TPSA) is 105 Å². The van der Waals surface area contributed by atoms with Crippen LogP contribution in [0.1, 0.15) is 189 Å². The molecule has 8 heteroatoms. The fourth-order valence-electron chi connectivity index (χ4n) is 3.32. The first-order valence-electron chi connectivity index (χ1n) is 17.8. The third-order valence-corrected chi connectivity index (χ3v) is 5.96. The second-order valence-electron chi connectivity index (χ2n) is 11.3. The second kappa shape index (κ2) is 54.8. The van der Waals surface area contributed by atoms with E-state index in [1.54, 1.807) is 115 Å². The number of methoxy groups -OCH3 is 4. The van der Waals surface area contributed by atoms with Crippen molar-refractivity contribution in [3.63, 3.8) is 0 Å². The monoisotopic (exact) mass is 861 g/mol. The average Bonchev–Trinajstić information content (AvgIpc) is 3.16. The molecule has 4 rings (SSSR count). The molecule has 0 saturated carbocycles. The van der Waals surface area contributed by atoms with Crippen LogP contribution in [-0.2, 0) is 0 Å². The lowest BCUT2D eigenvalue weighted by Gasteiger charge is -2.00. The van der Waals surface area contributed by atoms with Gasteiger partial charge in [0.2, 0.25) is 0 Å². The van der Waals surface area contributed by atoms with Gasteiger partial charge in [0.25, 0.3) is 0 Å². The van der Waals surface area contributed by atoms with Crippen LogP contribution in [0.25, 0.3) is 0 Å². The van der Waals surface area contributed by atoms with Gasteiger partial charge in [0.15, 0.2) is 23.1 Å². The molecule has 0 fully saturated rings. The highest BCUT2D eigenvalue weighted by atomic mass is 16.5. The van der Waals surface area contributed by atoms with Crippen LogP contribution < -0.4 is 18.9 Å². The summed E-state index contributed by atoms with van der Waals surface area (Å²) < 4.78 is 19.8. The van der Waals surface area contributed by atoms with E-state index in [2.05, 4.69) is 41.5 Å². The van der Waals surface area contributed by atoms with Gasteiger partial charge in [0.05, 0.1) is 28.4 Å². The van der Waals surface area contributed by atoms with Crippen LogP contribution in [-0.4, -0.2) is 51.6 Å². The summed E-state index contributed by atoms with van der Waals surface area (Å²) in [4.78, 5) is 43.4. The van der Waals surface area contributed by atoms with Crippen LogP contribution in [0.3, 0.4) is 0 Å². The van der Waals surface area contributed by atoms with Crippen LogP contribution in [0.2, 0.25) is 0 Å². The molecule has 0 heterocycles. The number of ether oxygens (including phenoxy) is 4. The molecule has 0 aromatic heterocycles. The number of ketones is 4. The fourth-order valence-corrected chi connectivity index (χ4v) is 3.32. The zero-order chi connectivity index (χ0) is 41.2. The summed E-state index contributed by atoms with van der Waals surface area (Å²) in [6, 6.07) is 28.3. The predicted octanol–water partition coefficient (Wildman–Crippen LogP) is 16.9. The van der Waals surface area contributed by atoms with Crippen molar-refractivity contribution in [2.75, 3.05) is 28.4 Å². The summed E-state index contributed by atoms with van der Waals surface area (Å²) in [6.45, 7) is 18.8. The molecule has 0 bridgehead atoms. The highest BCUT2D eigenvalue weighted by Crippen LogP contribution is 2.16. The molecule has 61 heavy (non-hydrogen) atoms. The zero-order valence-corrected chi connectivity index (χ0v) is 34.6. The van der Waals surface area contributed by atoms with Gasteiger partial charge in [-0.2, -0.15) is 0 Å². The van der Waals surface area contributed by atoms with Crippen molar-refractivity contribution in [1.82, 2.24) is 0 Å². The van der Waals surface area contributed by atoms with Gasteiger partial charge in [0.1, 0.15) is 23.0 Å². The Kier molecular flexibility index (Phi) is 74.9. The molecular weight excluding hydrogens is 765 g/mol. The Labute approximate surface area is 378 Å². The minimum Gasteiger partial charge on any atom is -0.497 e. The van der Waals surface area contributed by atoms with Gasteiger partial charge in [-0.3, -0.25) is 19.2 Å². The van der Waals surface area contributed by atoms with Crippen LogP contribution in [0.4, 0.5) is 0 Å². The number of carbonyl (C=O) groups excluding carboxylic acids is 4. The van der Waals surface area contributed by atoms with Crippen molar-refractivity contribution in [1.29, 1.82) is 0 Å². The smallest absolute Gasteiger partial charge is 0.159 e. The van der Waals surface area contributed by atoms with Crippen LogP contribution in [0.15, 0.2) is 97.1 Å². The molecule has 0 aliphatic heterocycles. The molecule has 4 aromatic carbocycles. The lowest BCUT2D eigenvalue weighted by atomic mass is 10.1. The maximum absolute atomic E-state index is 10.9. The number of hydrogen-bond donors (Lipinski definition) is 0. The maximum Gasteiger partial charge on any atom is 0.159 e.